The first-order chi connectivity index (χ1) is 5.33. The lowest BCUT2D eigenvalue weighted by Gasteiger charge is -2.17. The van der Waals surface area contributed by atoms with Gasteiger partial charge in [0.25, 0.3) is 0 Å². The Bertz CT molecular complexity index is 152. The van der Waals surface area contributed by atoms with Gasteiger partial charge in [-0.2, -0.15) is 0 Å². The summed E-state index contributed by atoms with van der Waals surface area (Å²) in [6.07, 6.45) is 14.2. The smallest absolute Gasteiger partial charge is 0.0292 e. The summed E-state index contributed by atoms with van der Waals surface area (Å²) in [7, 11) is 0. The first-order valence-electron chi connectivity index (χ1n) is 5.33. The molecule has 3 saturated carbocycles. The van der Waals surface area contributed by atoms with Gasteiger partial charge in [0.1, 0.15) is 0 Å². The quantitative estimate of drug-likeness (QED) is 0.495. The Morgan fingerprint density at radius 2 is 1.00 bits per heavy atom. The highest BCUT2D eigenvalue weighted by atomic mass is 14.6. The van der Waals surface area contributed by atoms with Crippen molar-refractivity contribution in [3.05, 3.63) is 0 Å². The lowest BCUT2D eigenvalue weighted by molar-refractivity contribution is 0.339. The van der Waals surface area contributed by atoms with E-state index in [1.165, 1.54) is 0 Å². The predicted molar refractivity (Wildman–Crippen MR) is 46.4 cm³/mol. The lowest BCUT2D eigenvalue weighted by Crippen LogP contribution is -2.06. The summed E-state index contributed by atoms with van der Waals surface area (Å²) in [5.74, 6) is 0. The van der Waals surface area contributed by atoms with Gasteiger partial charge in [-0.15, -0.1) is 0 Å². The van der Waals surface area contributed by atoms with E-state index in [2.05, 4.69) is 0 Å². The first kappa shape index (κ1) is 6.51. The monoisotopic (exact) mass is 150 g/mol. The maximum Gasteiger partial charge on any atom is -0.0292 e. The van der Waals surface area contributed by atoms with Crippen molar-refractivity contribution in [1.82, 2.24) is 0 Å². The average molecular weight is 150 g/mol. The molecule has 0 saturated heterocycles. The number of hydrogen-bond donors (Lipinski definition) is 0. The van der Waals surface area contributed by atoms with Gasteiger partial charge in [-0.1, -0.05) is 12.8 Å². The van der Waals surface area contributed by atoms with Crippen LogP contribution in [0.2, 0.25) is 0 Å². The molecule has 3 fully saturated rings. The Morgan fingerprint density at radius 1 is 0.545 bits per heavy atom. The van der Waals surface area contributed by atoms with Crippen LogP contribution in [0.4, 0.5) is 0 Å². The zero-order chi connectivity index (χ0) is 7.36. The molecule has 11 heavy (non-hydrogen) atoms. The minimum Gasteiger partial charge on any atom is -0.0528 e. The van der Waals surface area contributed by atoms with Crippen LogP contribution in [-0.4, -0.2) is 0 Å². The maximum absolute atomic E-state index is 1.62. The van der Waals surface area contributed by atoms with Crippen LogP contribution in [0.1, 0.15) is 57.8 Å². The van der Waals surface area contributed by atoms with Crippen molar-refractivity contribution < 1.29 is 0 Å². The summed E-state index contributed by atoms with van der Waals surface area (Å²) in [5, 5.41) is 0. The van der Waals surface area contributed by atoms with E-state index in [9.17, 15) is 0 Å². The summed E-state index contributed by atoms with van der Waals surface area (Å²) in [5.41, 5.74) is 1.82. The van der Waals surface area contributed by atoms with Crippen LogP contribution in [0.5, 0.6) is 0 Å². The van der Waals surface area contributed by atoms with Crippen LogP contribution < -0.4 is 0 Å². The topological polar surface area (TPSA) is 0 Å². The Morgan fingerprint density at radius 3 is 1.36 bits per heavy atom. The highest BCUT2D eigenvalue weighted by Gasteiger charge is 2.54. The van der Waals surface area contributed by atoms with Gasteiger partial charge in [0, 0.05) is 0 Å². The summed E-state index contributed by atoms with van der Waals surface area (Å²) in [6, 6.07) is 0. The van der Waals surface area contributed by atoms with Crippen molar-refractivity contribution in [3.63, 3.8) is 0 Å². The Labute approximate surface area is 69.4 Å². The molecule has 0 heteroatoms. The van der Waals surface area contributed by atoms with Crippen molar-refractivity contribution in [2.45, 2.75) is 57.8 Å². The van der Waals surface area contributed by atoms with Gasteiger partial charge in [-0.05, 0) is 55.8 Å². The molecule has 0 atom stereocenters. The molecule has 0 aromatic heterocycles. The van der Waals surface area contributed by atoms with E-state index in [-0.39, 0.29) is 0 Å². The Hall–Kier alpha value is 0. The van der Waals surface area contributed by atoms with Crippen LogP contribution in [0.3, 0.4) is 0 Å². The fourth-order valence-electron chi connectivity index (χ4n) is 3.18. The summed E-state index contributed by atoms with van der Waals surface area (Å²) >= 11 is 0. The third-order valence-corrected chi connectivity index (χ3v) is 4.33. The zero-order valence-electron chi connectivity index (χ0n) is 7.36. The molecule has 0 aliphatic heterocycles. The van der Waals surface area contributed by atoms with Gasteiger partial charge in [0.2, 0.25) is 0 Å². The zero-order valence-corrected chi connectivity index (χ0v) is 7.36. The molecule has 0 unspecified atom stereocenters. The van der Waals surface area contributed by atoms with Crippen LogP contribution in [0.15, 0.2) is 0 Å². The van der Waals surface area contributed by atoms with Crippen LogP contribution in [0, 0.1) is 10.8 Å². The molecule has 62 valence electrons. The van der Waals surface area contributed by atoms with E-state index in [1.807, 2.05) is 0 Å². The van der Waals surface area contributed by atoms with Gasteiger partial charge in [-0.3, -0.25) is 0 Å². The molecule has 0 nitrogen and oxygen atoms in total. The molecule has 0 amide bonds. The molecule has 3 rings (SSSR count). The summed E-state index contributed by atoms with van der Waals surface area (Å²) in [6.45, 7) is 0. The molecule has 2 spiro atoms. The maximum atomic E-state index is 1.62. The second kappa shape index (κ2) is 1.84. The molecule has 0 aromatic rings. The van der Waals surface area contributed by atoms with E-state index < -0.39 is 0 Å². The molecule has 0 heterocycles. The van der Waals surface area contributed by atoms with Gasteiger partial charge in [0.05, 0.1) is 0 Å². The molecule has 0 radical (unpaired) electrons. The predicted octanol–water partition coefficient (Wildman–Crippen LogP) is 3.51. The molecule has 0 N–H and O–H groups in total. The minimum atomic E-state index is 0.910. The molecule has 0 bridgehead atoms. The Kier molecular flexibility index (Phi) is 1.09. The number of rotatable bonds is 0. The number of hydrogen-bond acceptors (Lipinski definition) is 0. The first-order valence-corrected chi connectivity index (χ1v) is 5.33. The fourth-order valence-corrected chi connectivity index (χ4v) is 3.18. The van der Waals surface area contributed by atoms with E-state index in [0.717, 1.165) is 10.8 Å². The minimum absolute atomic E-state index is 0.910. The van der Waals surface area contributed by atoms with Crippen molar-refractivity contribution in [2.75, 3.05) is 0 Å². The average Bonchev–Trinajstić information content (AvgIpc) is 2.87. The third kappa shape index (κ3) is 1.02. The Balaban J connectivity index is 1.79. The molecular formula is C11H18. The lowest BCUT2D eigenvalue weighted by atomic mass is 9.88. The normalized spacial score (nSPS) is 37.1. The van der Waals surface area contributed by atoms with Crippen molar-refractivity contribution in [2.24, 2.45) is 10.8 Å². The van der Waals surface area contributed by atoms with E-state index in [0.29, 0.717) is 0 Å². The highest BCUT2D eigenvalue weighted by Crippen LogP contribution is 2.66. The molecular weight excluding hydrogens is 132 g/mol. The molecule has 3 aliphatic rings. The summed E-state index contributed by atoms with van der Waals surface area (Å²) in [4.78, 5) is 0. The van der Waals surface area contributed by atoms with Gasteiger partial charge >= 0.3 is 0 Å². The van der Waals surface area contributed by atoms with Gasteiger partial charge < -0.3 is 0 Å². The second-order valence-corrected chi connectivity index (χ2v) is 5.38. The standard InChI is InChI=1S/C11H18/c1-2-4-11(7-8-11)9-10(3-1)5-6-10/h1-9H2. The van der Waals surface area contributed by atoms with Crippen LogP contribution in [-0.2, 0) is 0 Å². The van der Waals surface area contributed by atoms with Gasteiger partial charge in [-0.25, -0.2) is 0 Å². The van der Waals surface area contributed by atoms with E-state index in [1.54, 1.807) is 57.8 Å². The largest absolute Gasteiger partial charge is 0.0528 e. The molecule has 0 aromatic carbocycles. The van der Waals surface area contributed by atoms with Gasteiger partial charge in [0.15, 0.2) is 0 Å². The van der Waals surface area contributed by atoms with Crippen LogP contribution >= 0.6 is 0 Å². The van der Waals surface area contributed by atoms with Crippen molar-refractivity contribution in [1.29, 1.82) is 0 Å². The highest BCUT2D eigenvalue weighted by molar-refractivity contribution is 5.05. The fraction of sp³-hybridized carbons (Fsp3) is 1.00. The van der Waals surface area contributed by atoms with Crippen LogP contribution in [0.25, 0.3) is 0 Å². The third-order valence-electron chi connectivity index (χ3n) is 4.33. The SMILES string of the molecule is C1CCC2(CC2)CC2(C1)CC2. The summed E-state index contributed by atoms with van der Waals surface area (Å²) < 4.78 is 0. The van der Waals surface area contributed by atoms with E-state index in [4.69, 9.17) is 0 Å². The van der Waals surface area contributed by atoms with E-state index >= 15 is 0 Å². The van der Waals surface area contributed by atoms with Crippen molar-refractivity contribution >= 4 is 0 Å². The van der Waals surface area contributed by atoms with Crippen molar-refractivity contribution in [3.8, 4) is 0 Å². The second-order valence-electron chi connectivity index (χ2n) is 5.38. The molecule has 3 aliphatic carbocycles.